The minimum absolute atomic E-state index is 0.0184. The maximum Gasteiger partial charge on any atom is 0.352 e. The van der Waals surface area contributed by atoms with Gasteiger partial charge in [0.15, 0.2) is 17.1 Å². The van der Waals surface area contributed by atoms with Gasteiger partial charge in [0.05, 0.1) is 0 Å². The van der Waals surface area contributed by atoms with Gasteiger partial charge < -0.3 is 26.7 Å². The fourth-order valence-corrected chi connectivity index (χ4v) is 6.94. The Kier molecular flexibility index (Phi) is 7.57. The molecule has 6 rings (SSSR count). The number of urea groups is 1. The largest absolute Gasteiger partial charge is 0.477 e. The Morgan fingerprint density at radius 3 is 2.74 bits per heavy atom. The van der Waals surface area contributed by atoms with E-state index in [-0.39, 0.29) is 46.6 Å². The fraction of sp³-hybridized carbons (Fsp3) is 0.375. The van der Waals surface area contributed by atoms with Crippen molar-refractivity contribution in [3.05, 3.63) is 41.6 Å². The van der Waals surface area contributed by atoms with Crippen LogP contribution in [0, 0.1) is 0 Å². The number of carbonyl (C=O) groups is 4. The van der Waals surface area contributed by atoms with Crippen molar-refractivity contribution in [2.45, 2.75) is 49.7 Å². The number of hydrogen-bond donors (Lipinski definition) is 5. The third-order valence-corrected chi connectivity index (χ3v) is 9.02. The smallest absolute Gasteiger partial charge is 0.352 e. The summed E-state index contributed by atoms with van der Waals surface area (Å²) >= 11 is 2.22. The zero-order valence-electron chi connectivity index (χ0n) is 22.4. The molecular formula is C24H26N11O6S2+. The quantitative estimate of drug-likeness (QED) is 0.0888. The summed E-state index contributed by atoms with van der Waals surface area (Å²) in [5.74, 6) is -2.04. The number of oxime groups is 1. The fourth-order valence-electron chi connectivity index (χ4n) is 5.17. The number of carbonyl (C=O) groups excluding carboxylic acids is 3. The van der Waals surface area contributed by atoms with Crippen LogP contribution < -0.4 is 26.7 Å². The molecule has 0 unspecified atom stereocenters. The van der Waals surface area contributed by atoms with Crippen molar-refractivity contribution in [3.8, 4) is 0 Å². The van der Waals surface area contributed by atoms with Crippen LogP contribution in [0.1, 0.15) is 31.5 Å². The predicted octanol–water partition coefficient (Wildman–Crippen LogP) is -0.352. The molecule has 1 saturated carbocycles. The third kappa shape index (κ3) is 5.55. The van der Waals surface area contributed by atoms with Gasteiger partial charge in [-0.05, 0) is 31.7 Å². The molecule has 19 heteroatoms. The van der Waals surface area contributed by atoms with Crippen molar-refractivity contribution >= 4 is 69.4 Å². The number of aliphatic carboxylic acids is 1. The number of β-lactam (4-membered cyclic amide) rings is 1. The Hall–Kier alpha value is -4.78. The lowest BCUT2D eigenvalue weighted by atomic mass is 10.0. The number of carboxylic acid groups (broad SMARTS) is 1. The minimum atomic E-state index is -1.26. The lowest BCUT2D eigenvalue weighted by molar-refractivity contribution is -0.662. The lowest BCUT2D eigenvalue weighted by Gasteiger charge is -2.49. The molecule has 7 N–H and O–H groups in total. The second kappa shape index (κ2) is 11.5. The number of rotatable bonds is 9. The average molecular weight is 629 g/mol. The monoisotopic (exact) mass is 628 g/mol. The van der Waals surface area contributed by atoms with E-state index in [4.69, 9.17) is 16.3 Å². The molecule has 0 radical (unpaired) electrons. The number of hydrogen-bond acceptors (Lipinski definition) is 12. The van der Waals surface area contributed by atoms with Crippen LogP contribution in [0.3, 0.4) is 0 Å². The molecule has 2 aliphatic heterocycles. The van der Waals surface area contributed by atoms with Crippen LogP contribution in [0.25, 0.3) is 5.65 Å². The Morgan fingerprint density at radius 1 is 1.26 bits per heavy atom. The first-order valence-electron chi connectivity index (χ1n) is 13.2. The number of primary amides is 1. The van der Waals surface area contributed by atoms with Gasteiger partial charge in [-0.3, -0.25) is 19.8 Å². The Balaban J connectivity index is 1.20. The zero-order valence-corrected chi connectivity index (χ0v) is 24.0. The number of nitrogens with zero attached hydrogens (tertiary/aromatic N) is 7. The Bertz CT molecular complexity index is 1700. The van der Waals surface area contributed by atoms with Gasteiger partial charge in [0, 0.05) is 28.9 Å². The van der Waals surface area contributed by atoms with Crippen molar-refractivity contribution in [1.29, 1.82) is 0 Å². The number of carboxylic acids is 1. The van der Waals surface area contributed by atoms with Crippen LogP contribution in [0.5, 0.6) is 0 Å². The molecule has 224 valence electrons. The first-order valence-corrected chi connectivity index (χ1v) is 15.0. The van der Waals surface area contributed by atoms with Gasteiger partial charge in [0.25, 0.3) is 11.8 Å². The van der Waals surface area contributed by atoms with Gasteiger partial charge in [-0.2, -0.15) is 9.36 Å². The highest BCUT2D eigenvalue weighted by molar-refractivity contribution is 8.00. The summed E-state index contributed by atoms with van der Waals surface area (Å²) in [6.45, 7) is 0.162. The van der Waals surface area contributed by atoms with Crippen LogP contribution in [-0.2, 0) is 25.8 Å². The summed E-state index contributed by atoms with van der Waals surface area (Å²) in [4.78, 5) is 60.9. The third-order valence-electron chi connectivity index (χ3n) is 7.14. The van der Waals surface area contributed by atoms with Gasteiger partial charge in [0.2, 0.25) is 11.5 Å². The van der Waals surface area contributed by atoms with E-state index in [1.54, 1.807) is 29.1 Å². The Labute approximate surface area is 251 Å². The maximum absolute atomic E-state index is 13.3. The van der Waals surface area contributed by atoms with Gasteiger partial charge >= 0.3 is 17.6 Å². The minimum Gasteiger partial charge on any atom is -0.477 e. The summed E-state index contributed by atoms with van der Waals surface area (Å²) in [5, 5.41) is 22.9. The standard InChI is InChI=1S/C24H25N11O6S2/c25-23(40)27-13-5-6-14-33(7-8-34(14)30-13)9-11-10-42-21-16(20(37)35(21)17(11)22(38)39)28-19(36)15(18-29-24(26)43-32-18)31-41-12-3-1-2-4-12/h5-8,12,16,21H,1-4,9-10H2,(H6-,25,26,27,28,29,30,32,36,38,39,40)/p+1/b31-15-/t16-,21-/m1/s1. The van der Waals surface area contributed by atoms with Crippen LogP contribution in [-0.4, -0.2) is 81.8 Å². The number of nitrogens with one attached hydrogen (secondary N) is 2. The van der Waals surface area contributed by atoms with E-state index in [1.165, 1.54) is 21.2 Å². The molecule has 2 fully saturated rings. The maximum atomic E-state index is 13.3. The summed E-state index contributed by atoms with van der Waals surface area (Å²) in [6.07, 6.45) is 6.85. The molecule has 3 aromatic rings. The van der Waals surface area contributed by atoms with Gasteiger partial charge in [-0.15, -0.1) is 11.8 Å². The number of imidazole rings is 1. The summed E-state index contributed by atoms with van der Waals surface area (Å²) < 4.78 is 7.34. The zero-order chi connectivity index (χ0) is 30.2. The predicted molar refractivity (Wildman–Crippen MR) is 152 cm³/mol. The van der Waals surface area contributed by atoms with Crippen molar-refractivity contribution in [2.75, 3.05) is 16.8 Å². The summed E-state index contributed by atoms with van der Waals surface area (Å²) in [7, 11) is 0. The number of thioether (sulfide) groups is 1. The van der Waals surface area contributed by atoms with E-state index in [0.29, 0.717) is 11.2 Å². The molecule has 43 heavy (non-hydrogen) atoms. The molecule has 5 heterocycles. The number of anilines is 2. The van der Waals surface area contributed by atoms with E-state index in [2.05, 4.69) is 30.2 Å². The highest BCUT2D eigenvalue weighted by Crippen LogP contribution is 2.40. The number of fused-ring (bicyclic) bond motifs is 2. The molecule has 0 bridgehead atoms. The number of amides is 4. The van der Waals surface area contributed by atoms with E-state index in [1.807, 2.05) is 0 Å². The van der Waals surface area contributed by atoms with Crippen LogP contribution >= 0.6 is 23.3 Å². The van der Waals surface area contributed by atoms with E-state index in [9.17, 15) is 24.3 Å². The molecular weight excluding hydrogens is 602 g/mol. The molecule has 17 nitrogen and oxygen atoms in total. The summed E-state index contributed by atoms with van der Waals surface area (Å²) in [5.41, 5.74) is 11.6. The van der Waals surface area contributed by atoms with E-state index in [0.717, 1.165) is 37.2 Å². The first-order chi connectivity index (χ1) is 20.7. The molecule has 1 saturated heterocycles. The van der Waals surface area contributed by atoms with Crippen molar-refractivity contribution in [3.63, 3.8) is 0 Å². The molecule has 2 atom stereocenters. The molecule has 0 spiro atoms. The van der Waals surface area contributed by atoms with Gasteiger partial charge in [-0.25, -0.2) is 14.2 Å². The number of nitrogen functional groups attached to an aromatic ring is 1. The van der Waals surface area contributed by atoms with Gasteiger partial charge in [-0.1, -0.05) is 14.8 Å². The molecule has 3 aromatic heterocycles. The van der Waals surface area contributed by atoms with Crippen molar-refractivity contribution < 1.29 is 33.7 Å². The molecule has 0 aromatic carbocycles. The van der Waals surface area contributed by atoms with Crippen LogP contribution in [0.2, 0.25) is 0 Å². The topological polar surface area (TPSA) is 236 Å². The Morgan fingerprint density at radius 2 is 2.05 bits per heavy atom. The normalized spacial score (nSPS) is 20.6. The molecule has 3 aliphatic rings. The number of nitrogens with two attached hydrogens (primary N) is 2. The molecule has 1 aliphatic carbocycles. The van der Waals surface area contributed by atoms with Crippen LogP contribution in [0.4, 0.5) is 15.7 Å². The SMILES string of the molecule is NC(=O)Nc1ccc2n(cc[n+]2CC2=C(C(=O)O)N3C(=O)[C@@H](NC(=O)/C(=N\OC4CCCC4)c4nsc(N)n4)[C@H]3SC2)n1. The molecule has 4 amide bonds. The van der Waals surface area contributed by atoms with Crippen molar-refractivity contribution in [1.82, 2.24) is 29.2 Å². The highest BCUT2D eigenvalue weighted by Gasteiger charge is 2.54. The van der Waals surface area contributed by atoms with E-state index >= 15 is 0 Å². The average Bonchev–Trinajstić information content (AvgIpc) is 3.73. The van der Waals surface area contributed by atoms with E-state index < -0.39 is 35.2 Å². The van der Waals surface area contributed by atoms with Crippen molar-refractivity contribution in [2.24, 2.45) is 10.9 Å². The van der Waals surface area contributed by atoms with Crippen LogP contribution in [0.15, 0.2) is 41.0 Å². The second-order valence-electron chi connectivity index (χ2n) is 9.96. The summed E-state index contributed by atoms with van der Waals surface area (Å²) in [6, 6.07) is 1.51. The van der Waals surface area contributed by atoms with Gasteiger partial charge in [0.1, 0.15) is 36.0 Å². The first kappa shape index (κ1) is 28.3. The highest BCUT2D eigenvalue weighted by atomic mass is 32.2. The number of aromatic nitrogens is 5. The second-order valence-corrected chi connectivity index (χ2v) is 11.9. The lowest BCUT2D eigenvalue weighted by Crippen LogP contribution is -2.71.